The molecule has 1 unspecified atom stereocenters. The second-order valence-corrected chi connectivity index (χ2v) is 6.55. The van der Waals surface area contributed by atoms with Crippen LogP contribution >= 0.6 is 0 Å². The van der Waals surface area contributed by atoms with Gasteiger partial charge in [0, 0.05) is 13.6 Å². The largest absolute Gasteiger partial charge is 0.497 e. The van der Waals surface area contributed by atoms with Crippen molar-refractivity contribution in [1.82, 2.24) is 25.0 Å². The molecule has 0 bridgehead atoms. The second kappa shape index (κ2) is 9.03. The number of amides is 2. The van der Waals surface area contributed by atoms with Gasteiger partial charge in [0.05, 0.1) is 18.8 Å². The summed E-state index contributed by atoms with van der Waals surface area (Å²) in [6.07, 6.45) is 3.92. The monoisotopic (exact) mass is 379 g/mol. The summed E-state index contributed by atoms with van der Waals surface area (Å²) in [6, 6.07) is 15.7. The molecule has 0 saturated carbocycles. The molecule has 1 N–H and O–H groups in total. The molecule has 0 radical (unpaired) electrons. The first-order valence-corrected chi connectivity index (χ1v) is 9.17. The van der Waals surface area contributed by atoms with Crippen LogP contribution in [0.25, 0.3) is 5.69 Å². The van der Waals surface area contributed by atoms with E-state index in [1.807, 2.05) is 55.5 Å². The number of carbonyl (C=O) groups is 1. The zero-order valence-electron chi connectivity index (χ0n) is 16.4. The Kier molecular flexibility index (Phi) is 6.26. The Bertz CT molecular complexity index is 876. The maximum atomic E-state index is 12.5. The van der Waals surface area contributed by atoms with Crippen molar-refractivity contribution in [3.63, 3.8) is 0 Å². The van der Waals surface area contributed by atoms with Gasteiger partial charge in [-0.1, -0.05) is 24.3 Å². The number of ether oxygens (including phenoxy) is 1. The highest BCUT2D eigenvalue weighted by Crippen LogP contribution is 2.20. The smallest absolute Gasteiger partial charge is 0.317 e. The Morgan fingerprint density at radius 3 is 2.50 bits per heavy atom. The molecule has 7 nitrogen and oxygen atoms in total. The number of hydrogen-bond donors (Lipinski definition) is 1. The van der Waals surface area contributed by atoms with Crippen LogP contribution in [0.2, 0.25) is 0 Å². The zero-order valence-corrected chi connectivity index (χ0v) is 16.4. The van der Waals surface area contributed by atoms with Gasteiger partial charge in [0.2, 0.25) is 0 Å². The van der Waals surface area contributed by atoms with Gasteiger partial charge in [-0.3, -0.25) is 0 Å². The van der Waals surface area contributed by atoms with Gasteiger partial charge in [-0.15, -0.1) is 0 Å². The molecular weight excluding hydrogens is 354 g/mol. The Labute approximate surface area is 165 Å². The van der Waals surface area contributed by atoms with Gasteiger partial charge in [0.25, 0.3) is 0 Å². The minimum Gasteiger partial charge on any atom is -0.497 e. The van der Waals surface area contributed by atoms with Crippen LogP contribution in [0.5, 0.6) is 5.75 Å². The Balaban J connectivity index is 1.51. The summed E-state index contributed by atoms with van der Waals surface area (Å²) in [5.74, 6) is 0.830. The van der Waals surface area contributed by atoms with E-state index in [0.717, 1.165) is 29.0 Å². The van der Waals surface area contributed by atoms with E-state index in [2.05, 4.69) is 15.4 Å². The highest BCUT2D eigenvalue weighted by molar-refractivity contribution is 5.74. The Morgan fingerprint density at radius 1 is 1.18 bits per heavy atom. The first kappa shape index (κ1) is 19.4. The van der Waals surface area contributed by atoms with Crippen LogP contribution < -0.4 is 10.1 Å². The Morgan fingerprint density at radius 2 is 1.89 bits per heavy atom. The van der Waals surface area contributed by atoms with E-state index < -0.39 is 0 Å². The number of methoxy groups -OCH3 is 1. The fourth-order valence-electron chi connectivity index (χ4n) is 2.88. The number of urea groups is 1. The van der Waals surface area contributed by atoms with Crippen molar-refractivity contribution >= 4 is 6.03 Å². The van der Waals surface area contributed by atoms with Gasteiger partial charge >= 0.3 is 6.03 Å². The number of hydrogen-bond acceptors (Lipinski definition) is 4. The molecule has 3 aromatic rings. The van der Waals surface area contributed by atoms with Crippen LogP contribution in [-0.2, 0) is 6.42 Å². The fourth-order valence-corrected chi connectivity index (χ4v) is 2.88. The summed E-state index contributed by atoms with van der Waals surface area (Å²) in [7, 11) is 3.45. The first-order chi connectivity index (χ1) is 13.6. The standard InChI is InChI=1S/C21H25N5O2/c1-16(18-6-8-19(9-7-18)26-15-22-14-24-26)25(2)21(27)23-13-12-17-4-10-20(28-3)11-5-17/h4-11,14-16H,12-13H2,1-3H3,(H,23,27). The molecule has 0 saturated heterocycles. The van der Waals surface area contributed by atoms with Gasteiger partial charge in [0.1, 0.15) is 18.4 Å². The average Bonchev–Trinajstić information content (AvgIpc) is 3.28. The molecule has 0 aliphatic heterocycles. The van der Waals surface area contributed by atoms with Crippen molar-refractivity contribution in [2.45, 2.75) is 19.4 Å². The summed E-state index contributed by atoms with van der Waals surface area (Å²) in [4.78, 5) is 18.1. The lowest BCUT2D eigenvalue weighted by Crippen LogP contribution is -2.39. The molecule has 146 valence electrons. The quantitative estimate of drug-likeness (QED) is 0.684. The van der Waals surface area contributed by atoms with Crippen LogP contribution in [0.1, 0.15) is 24.1 Å². The Hall–Kier alpha value is -3.35. The van der Waals surface area contributed by atoms with E-state index in [1.54, 1.807) is 30.1 Å². The highest BCUT2D eigenvalue weighted by Gasteiger charge is 2.17. The van der Waals surface area contributed by atoms with Gasteiger partial charge in [-0.2, -0.15) is 5.10 Å². The van der Waals surface area contributed by atoms with Crippen LogP contribution in [0, 0.1) is 0 Å². The van der Waals surface area contributed by atoms with Gasteiger partial charge in [-0.25, -0.2) is 14.5 Å². The first-order valence-electron chi connectivity index (χ1n) is 9.17. The van der Waals surface area contributed by atoms with Gasteiger partial charge in [0.15, 0.2) is 0 Å². The molecule has 1 atom stereocenters. The van der Waals surface area contributed by atoms with Crippen LogP contribution in [0.3, 0.4) is 0 Å². The number of rotatable bonds is 7. The molecule has 2 aromatic carbocycles. The molecule has 2 amide bonds. The van der Waals surface area contributed by atoms with E-state index >= 15 is 0 Å². The summed E-state index contributed by atoms with van der Waals surface area (Å²) in [6.45, 7) is 2.58. The number of nitrogens with one attached hydrogen (secondary N) is 1. The number of carbonyl (C=O) groups excluding carboxylic acids is 1. The maximum Gasteiger partial charge on any atom is 0.317 e. The van der Waals surface area contributed by atoms with E-state index in [9.17, 15) is 4.79 Å². The number of nitrogens with zero attached hydrogens (tertiary/aromatic N) is 4. The summed E-state index contributed by atoms with van der Waals surface area (Å²) in [5.41, 5.74) is 3.14. The lowest BCUT2D eigenvalue weighted by Gasteiger charge is -2.25. The van der Waals surface area contributed by atoms with Crippen molar-refractivity contribution in [1.29, 1.82) is 0 Å². The summed E-state index contributed by atoms with van der Waals surface area (Å²) < 4.78 is 6.85. The van der Waals surface area contributed by atoms with Crippen LogP contribution in [0.15, 0.2) is 61.2 Å². The predicted molar refractivity (Wildman–Crippen MR) is 108 cm³/mol. The highest BCUT2D eigenvalue weighted by atomic mass is 16.5. The molecule has 0 spiro atoms. The fraction of sp³-hybridized carbons (Fsp3) is 0.286. The van der Waals surface area contributed by atoms with E-state index in [4.69, 9.17) is 4.74 Å². The lowest BCUT2D eigenvalue weighted by molar-refractivity contribution is 0.194. The number of aromatic nitrogens is 3. The third-order valence-corrected chi connectivity index (χ3v) is 4.81. The molecule has 7 heteroatoms. The van der Waals surface area contributed by atoms with Crippen LogP contribution in [-0.4, -0.2) is 46.4 Å². The normalized spacial score (nSPS) is 11.7. The summed E-state index contributed by atoms with van der Waals surface area (Å²) in [5, 5.41) is 7.09. The third-order valence-electron chi connectivity index (χ3n) is 4.81. The van der Waals surface area contributed by atoms with E-state index in [-0.39, 0.29) is 12.1 Å². The molecule has 0 aliphatic rings. The molecule has 0 fully saturated rings. The second-order valence-electron chi connectivity index (χ2n) is 6.55. The maximum absolute atomic E-state index is 12.5. The molecule has 1 heterocycles. The van der Waals surface area contributed by atoms with Crippen molar-refractivity contribution in [2.75, 3.05) is 20.7 Å². The topological polar surface area (TPSA) is 72.3 Å². The average molecular weight is 379 g/mol. The summed E-state index contributed by atoms with van der Waals surface area (Å²) >= 11 is 0. The minimum absolute atomic E-state index is 0.0502. The lowest BCUT2D eigenvalue weighted by atomic mass is 10.1. The SMILES string of the molecule is COc1ccc(CCNC(=O)N(C)C(C)c2ccc(-n3cncn3)cc2)cc1. The molecule has 28 heavy (non-hydrogen) atoms. The zero-order chi connectivity index (χ0) is 19.9. The van der Waals surface area contributed by atoms with E-state index in [0.29, 0.717) is 6.54 Å². The van der Waals surface area contributed by atoms with Crippen LogP contribution in [0.4, 0.5) is 4.79 Å². The minimum atomic E-state index is -0.0960. The molecule has 3 rings (SSSR count). The van der Waals surface area contributed by atoms with Crippen molar-refractivity contribution in [2.24, 2.45) is 0 Å². The molecular formula is C21H25N5O2. The van der Waals surface area contributed by atoms with Gasteiger partial charge < -0.3 is 15.0 Å². The van der Waals surface area contributed by atoms with Crippen molar-refractivity contribution in [3.8, 4) is 11.4 Å². The van der Waals surface area contributed by atoms with Crippen molar-refractivity contribution in [3.05, 3.63) is 72.3 Å². The molecule has 0 aliphatic carbocycles. The van der Waals surface area contributed by atoms with Gasteiger partial charge in [-0.05, 0) is 48.7 Å². The molecule has 1 aromatic heterocycles. The van der Waals surface area contributed by atoms with Crippen molar-refractivity contribution < 1.29 is 9.53 Å². The predicted octanol–water partition coefficient (Wildman–Crippen LogP) is 3.22. The third kappa shape index (κ3) is 4.68. The number of benzene rings is 2. The van der Waals surface area contributed by atoms with E-state index in [1.165, 1.54) is 6.33 Å².